The van der Waals surface area contributed by atoms with Crippen molar-refractivity contribution in [1.82, 2.24) is 24.9 Å². The van der Waals surface area contributed by atoms with Gasteiger partial charge in [0.05, 0.1) is 23.4 Å². The van der Waals surface area contributed by atoms with E-state index in [0.29, 0.717) is 10.2 Å². The number of amides is 1. The van der Waals surface area contributed by atoms with E-state index < -0.39 is 41.9 Å². The van der Waals surface area contributed by atoms with Crippen molar-refractivity contribution in [1.29, 1.82) is 5.26 Å². The van der Waals surface area contributed by atoms with Gasteiger partial charge in [0.25, 0.3) is 5.91 Å². The smallest absolute Gasteiger partial charge is 0.428 e. The second kappa shape index (κ2) is 8.85. The Morgan fingerprint density at radius 2 is 1.92 bits per heavy atom. The van der Waals surface area contributed by atoms with Crippen LogP contribution in [0, 0.1) is 11.3 Å². The Morgan fingerprint density at radius 1 is 1.22 bits per heavy atom. The lowest BCUT2D eigenvalue weighted by molar-refractivity contribution is -0.291. The summed E-state index contributed by atoms with van der Waals surface area (Å²) >= 11 is 0. The number of hydrogen-bond acceptors (Lipinski definition) is 5. The predicted octanol–water partition coefficient (Wildman–Crippen LogP) is 4.29. The molecule has 190 valence electrons. The molecule has 0 saturated heterocycles. The van der Waals surface area contributed by atoms with E-state index in [0.717, 1.165) is 37.0 Å². The molecule has 0 unspecified atom stereocenters. The molecule has 36 heavy (non-hydrogen) atoms. The van der Waals surface area contributed by atoms with Crippen molar-refractivity contribution >= 4 is 5.91 Å². The van der Waals surface area contributed by atoms with Crippen LogP contribution in [-0.4, -0.2) is 44.3 Å². The van der Waals surface area contributed by atoms with Crippen molar-refractivity contribution in [3.63, 3.8) is 0 Å². The van der Waals surface area contributed by atoms with Crippen LogP contribution in [0.2, 0.25) is 0 Å². The van der Waals surface area contributed by atoms with Crippen molar-refractivity contribution in [2.45, 2.75) is 37.6 Å². The molecule has 2 heterocycles. The molecular weight excluding hydrogens is 501 g/mol. The van der Waals surface area contributed by atoms with Crippen molar-refractivity contribution < 1.29 is 40.3 Å². The normalized spacial score (nSPS) is 14.1. The molecule has 4 rings (SSSR count). The number of halogens is 7. The van der Waals surface area contributed by atoms with E-state index in [1.165, 1.54) is 18.2 Å². The van der Waals surface area contributed by atoms with E-state index in [-0.39, 0.29) is 22.7 Å². The number of nitrogens with one attached hydrogen (secondary N) is 1. The van der Waals surface area contributed by atoms with Crippen LogP contribution in [0.3, 0.4) is 0 Å². The Morgan fingerprint density at radius 3 is 2.50 bits per heavy atom. The summed E-state index contributed by atoms with van der Waals surface area (Å²) in [6, 6.07) is 6.11. The minimum absolute atomic E-state index is 0.0116. The molecule has 0 bridgehead atoms. The number of rotatable bonds is 7. The lowest BCUT2D eigenvalue weighted by atomic mass is 10.0. The molecule has 1 saturated carbocycles. The number of alkyl halides is 7. The molecule has 1 fully saturated rings. The zero-order chi connectivity index (χ0) is 26.4. The van der Waals surface area contributed by atoms with Crippen LogP contribution in [0.1, 0.15) is 34.5 Å². The number of carbonyl (C=O) groups excluding carboxylic acids is 1. The number of aryl methyl sites for hydroxylation is 1. The van der Waals surface area contributed by atoms with E-state index >= 15 is 0 Å². The summed E-state index contributed by atoms with van der Waals surface area (Å²) in [5.74, 6) is -8.31. The van der Waals surface area contributed by atoms with E-state index in [2.05, 4.69) is 20.3 Å². The van der Waals surface area contributed by atoms with Gasteiger partial charge in [-0.1, -0.05) is 6.07 Å². The average Bonchev–Trinajstić information content (AvgIpc) is 3.36. The maximum absolute atomic E-state index is 14.0. The number of ether oxygens (including phenoxy) is 1. The fourth-order valence-corrected chi connectivity index (χ4v) is 3.37. The predicted molar refractivity (Wildman–Crippen MR) is 108 cm³/mol. The highest BCUT2D eigenvalue weighted by Crippen LogP contribution is 2.48. The highest BCUT2D eigenvalue weighted by molar-refractivity contribution is 5.98. The molecule has 1 aliphatic carbocycles. The fourth-order valence-electron chi connectivity index (χ4n) is 3.37. The van der Waals surface area contributed by atoms with Crippen molar-refractivity contribution in [3.05, 3.63) is 47.4 Å². The topological polar surface area (TPSA) is 97.8 Å². The molecule has 0 atom stereocenters. The maximum Gasteiger partial charge on any atom is 0.459 e. The SMILES string of the molecule is Cn1nc(C(F)(F)C(F)(F)F)c(OC(F)F)c1-n1cc(-c2ccc(C#N)c(C(=O)NC3CC3)c2)cn1. The number of nitriles is 1. The summed E-state index contributed by atoms with van der Waals surface area (Å²) in [6.07, 6.45) is -2.22. The Balaban J connectivity index is 1.77. The van der Waals surface area contributed by atoms with Gasteiger partial charge >= 0.3 is 18.7 Å². The van der Waals surface area contributed by atoms with Gasteiger partial charge < -0.3 is 10.1 Å². The van der Waals surface area contributed by atoms with Gasteiger partial charge in [0.2, 0.25) is 0 Å². The quantitative estimate of drug-likeness (QED) is 0.473. The van der Waals surface area contributed by atoms with Crippen LogP contribution < -0.4 is 10.1 Å². The highest BCUT2D eigenvalue weighted by Gasteiger charge is 2.62. The van der Waals surface area contributed by atoms with Crippen LogP contribution in [0.4, 0.5) is 30.7 Å². The van der Waals surface area contributed by atoms with Crippen molar-refractivity contribution in [3.8, 4) is 28.8 Å². The largest absolute Gasteiger partial charge is 0.459 e. The summed E-state index contributed by atoms with van der Waals surface area (Å²) in [5.41, 5.74) is -1.34. The molecule has 1 aliphatic rings. The summed E-state index contributed by atoms with van der Waals surface area (Å²) in [7, 11) is 0.951. The lowest BCUT2D eigenvalue weighted by Crippen LogP contribution is -2.34. The first-order chi connectivity index (χ1) is 16.8. The first-order valence-corrected chi connectivity index (χ1v) is 10.2. The van der Waals surface area contributed by atoms with Crippen LogP contribution in [0.5, 0.6) is 5.75 Å². The third-order valence-electron chi connectivity index (χ3n) is 5.27. The molecule has 0 aliphatic heterocycles. The molecule has 0 radical (unpaired) electrons. The van der Waals surface area contributed by atoms with Crippen LogP contribution in [0.15, 0.2) is 30.6 Å². The van der Waals surface area contributed by atoms with E-state index in [1.54, 1.807) is 0 Å². The van der Waals surface area contributed by atoms with E-state index in [1.807, 2.05) is 6.07 Å². The van der Waals surface area contributed by atoms with Gasteiger partial charge in [0, 0.05) is 24.8 Å². The molecule has 1 aromatic carbocycles. The van der Waals surface area contributed by atoms with Gasteiger partial charge in [0.1, 0.15) is 0 Å². The first kappa shape index (κ1) is 25.0. The third-order valence-corrected chi connectivity index (χ3v) is 5.27. The van der Waals surface area contributed by atoms with Crippen LogP contribution >= 0.6 is 0 Å². The second-order valence-electron chi connectivity index (χ2n) is 7.87. The molecule has 8 nitrogen and oxygen atoms in total. The van der Waals surface area contributed by atoms with Gasteiger partial charge in [-0.3, -0.25) is 4.79 Å². The van der Waals surface area contributed by atoms with Gasteiger partial charge in [-0.2, -0.15) is 46.2 Å². The second-order valence-corrected chi connectivity index (χ2v) is 7.87. The Labute approximate surface area is 197 Å². The fraction of sp³-hybridized carbons (Fsp3) is 0.333. The van der Waals surface area contributed by atoms with Crippen LogP contribution in [-0.2, 0) is 13.0 Å². The summed E-state index contributed by atoms with van der Waals surface area (Å²) in [5, 5.41) is 19.0. The highest BCUT2D eigenvalue weighted by atomic mass is 19.4. The third kappa shape index (κ3) is 4.58. The van der Waals surface area contributed by atoms with E-state index in [4.69, 9.17) is 0 Å². The van der Waals surface area contributed by atoms with Crippen molar-refractivity contribution in [2.24, 2.45) is 7.05 Å². The maximum atomic E-state index is 14.0. The number of hydrogen-bond donors (Lipinski definition) is 1. The number of carbonyl (C=O) groups is 1. The Bertz CT molecular complexity index is 1350. The van der Waals surface area contributed by atoms with E-state index in [9.17, 15) is 40.8 Å². The molecule has 15 heteroatoms. The van der Waals surface area contributed by atoms with Gasteiger partial charge in [0.15, 0.2) is 17.3 Å². The molecule has 1 N–H and O–H groups in total. The first-order valence-electron chi connectivity index (χ1n) is 10.2. The minimum Gasteiger partial charge on any atom is -0.428 e. The van der Waals surface area contributed by atoms with Crippen molar-refractivity contribution in [2.75, 3.05) is 0 Å². The average molecular weight is 516 g/mol. The Hall–Kier alpha value is -4.09. The van der Waals surface area contributed by atoms with Gasteiger partial charge in [-0.15, -0.1) is 0 Å². The molecular formula is C21H15F7N6O2. The monoisotopic (exact) mass is 516 g/mol. The molecule has 0 spiro atoms. The summed E-state index contributed by atoms with van der Waals surface area (Å²) in [4.78, 5) is 12.5. The number of benzene rings is 1. The number of nitrogens with zero attached hydrogens (tertiary/aromatic N) is 5. The zero-order valence-corrected chi connectivity index (χ0v) is 18.2. The van der Waals surface area contributed by atoms with Gasteiger partial charge in [-0.05, 0) is 30.5 Å². The van der Waals surface area contributed by atoms with Gasteiger partial charge in [-0.25, -0.2) is 9.36 Å². The summed E-state index contributed by atoms with van der Waals surface area (Å²) < 4.78 is 98.0. The molecule has 1 amide bonds. The minimum atomic E-state index is -6.13. The lowest BCUT2D eigenvalue weighted by Gasteiger charge is -2.18. The summed E-state index contributed by atoms with van der Waals surface area (Å²) in [6.45, 7) is -3.74. The standard InChI is InChI=1S/C21H15F7N6O2/c1-33-18(15(36-19(22)23)16(32-33)20(24,25)21(26,27)28)34-9-12(8-30-34)10-2-3-11(7-29)14(6-10)17(35)31-13-4-5-13/h2-3,6,8-9,13,19H,4-5H2,1H3,(H,31,35). The zero-order valence-electron chi connectivity index (χ0n) is 18.2. The molecule has 2 aromatic heterocycles. The Kier molecular flexibility index (Phi) is 6.15. The molecule has 3 aromatic rings. The number of aromatic nitrogens is 4. The van der Waals surface area contributed by atoms with Crippen LogP contribution in [0.25, 0.3) is 16.9 Å².